The van der Waals surface area contributed by atoms with Crippen LogP contribution in [0.15, 0.2) is 388 Å². The number of carbonyl (C=O) groups is 2. The first-order chi connectivity index (χ1) is 65.6. The van der Waals surface area contributed by atoms with Crippen molar-refractivity contribution >= 4 is 97.1 Å². The van der Waals surface area contributed by atoms with E-state index in [1.807, 2.05) is 215 Å². The van der Waals surface area contributed by atoms with E-state index in [2.05, 4.69) is 246 Å². The van der Waals surface area contributed by atoms with Crippen LogP contribution in [0.25, 0.3) is 11.1 Å². The molecule has 0 amide bonds. The maximum Gasteiger partial charge on any atom is 0.416 e. The van der Waals surface area contributed by atoms with Crippen LogP contribution in [-0.4, -0.2) is 35.2 Å². The number of methoxy groups -OCH3 is 1. The maximum atomic E-state index is 13.3. The predicted molar refractivity (Wildman–Crippen MR) is 555 cm³/mol. The molecule has 0 radical (unpaired) electrons. The van der Waals surface area contributed by atoms with Gasteiger partial charge in [-0.15, -0.1) is 0 Å². The number of benzene rings is 16. The minimum atomic E-state index is -4.36. The van der Waals surface area contributed by atoms with E-state index >= 15 is 0 Å². The summed E-state index contributed by atoms with van der Waals surface area (Å²) in [6, 6.07) is 128. The summed E-state index contributed by atoms with van der Waals surface area (Å²) in [4.78, 5) is 33.8. The van der Waals surface area contributed by atoms with Crippen molar-refractivity contribution in [2.75, 3.05) is 31.6 Å². The van der Waals surface area contributed by atoms with Crippen LogP contribution >= 0.6 is 0 Å². The van der Waals surface area contributed by atoms with Crippen molar-refractivity contribution in [1.82, 2.24) is 0 Å². The summed E-state index contributed by atoms with van der Waals surface area (Å²) in [6.45, 7) is 29.2. The number of hydrogen-bond donors (Lipinski definition) is 2. The second-order valence-electron chi connectivity index (χ2n) is 36.0. The summed E-state index contributed by atoms with van der Waals surface area (Å²) in [7, 11) is 1.42. The van der Waals surface area contributed by atoms with Gasteiger partial charge in [-0.1, -0.05) is 227 Å². The van der Waals surface area contributed by atoms with Gasteiger partial charge in [0.2, 0.25) is 0 Å². The molecule has 0 saturated carbocycles. The summed E-state index contributed by atoms with van der Waals surface area (Å²) < 4.78 is 62.5. The molecule has 0 saturated heterocycles. The second-order valence-corrected chi connectivity index (χ2v) is 36.0. The zero-order valence-corrected chi connectivity index (χ0v) is 80.4. The van der Waals surface area contributed by atoms with E-state index < -0.39 is 11.7 Å². The van der Waals surface area contributed by atoms with Crippen LogP contribution in [0.4, 0.5) is 103 Å². The second kappa shape index (κ2) is 46.5. The molecule has 137 heavy (non-hydrogen) atoms. The van der Waals surface area contributed by atoms with Gasteiger partial charge in [0.05, 0.1) is 50.0 Å². The van der Waals surface area contributed by atoms with Gasteiger partial charge in [-0.05, 0) is 336 Å². The minimum absolute atomic E-state index is 0.0152. The fourth-order valence-electron chi connectivity index (χ4n) is 15.1. The normalized spacial score (nSPS) is 11.0. The van der Waals surface area contributed by atoms with Crippen LogP contribution in [-0.2, 0) is 46.2 Å². The van der Waals surface area contributed by atoms with E-state index in [1.54, 1.807) is 19.1 Å². The molecule has 0 heterocycles. The number of carbonyl (C=O) groups excluding carboxylic acids is 2. The molecule has 0 fully saturated rings. The summed E-state index contributed by atoms with van der Waals surface area (Å²) in [5, 5.41) is 27.5. The van der Waals surface area contributed by atoms with Crippen LogP contribution in [0.5, 0.6) is 5.75 Å². The number of aliphatic hydroxyl groups is 2. The molecule has 2 N–H and O–H groups in total. The third-order valence-electron chi connectivity index (χ3n) is 23.0. The van der Waals surface area contributed by atoms with Crippen LogP contribution in [0.2, 0.25) is 0 Å². The average molecular weight is 1830 g/mol. The van der Waals surface area contributed by atoms with Crippen molar-refractivity contribution in [1.29, 1.82) is 5.26 Å². The largest absolute Gasteiger partial charge is 0.491 e. The Bertz CT molecular complexity index is 6420. The van der Waals surface area contributed by atoms with Gasteiger partial charge < -0.3 is 44.2 Å². The summed E-state index contributed by atoms with van der Waals surface area (Å²) in [5.74, 6) is 0.345. The monoisotopic (exact) mass is 1830 g/mol. The van der Waals surface area contributed by atoms with Gasteiger partial charge in [-0.3, -0.25) is 9.59 Å². The molecule has 16 aromatic rings. The van der Waals surface area contributed by atoms with Crippen LogP contribution in [0.3, 0.4) is 0 Å². The predicted octanol–water partition coefficient (Wildman–Crippen LogP) is 32.3. The Morgan fingerprint density at radius 3 is 0.796 bits per heavy atom. The van der Waals surface area contributed by atoms with Crippen molar-refractivity contribution in [3.63, 3.8) is 0 Å². The van der Waals surface area contributed by atoms with Crippen molar-refractivity contribution in [2.24, 2.45) is 0 Å². The van der Waals surface area contributed by atoms with E-state index in [-0.39, 0.29) is 54.1 Å². The van der Waals surface area contributed by atoms with Crippen molar-refractivity contribution in [3.8, 4) is 22.9 Å². The SMILES string of the molecule is CC(=O)c1ccc(-c2ccc(N(c3ccc(C)cc3)c3ccc(C)cc3)cc2)cc1.COC(=O)Cc1ccc(N(c2ccc(C(C)(C)C)cc2)c2ccc(C(C)(C)C)cc2)cc1.Cc1ccc(N(c2ccc(C#N)cc2)c2ccc(CO)cc2)cc1.Cc1ccc(N(c2ccc(F)cc2)c2ccc(CO)cc2)cc1.Cc1ccc(N(c2ccc(OC(C)C)cc2)c2ccc(C(F)(F)F)cc2)cc1. The highest BCUT2D eigenvalue weighted by molar-refractivity contribution is 5.94. The van der Waals surface area contributed by atoms with Crippen LogP contribution < -0.4 is 29.2 Å². The maximum absolute atomic E-state index is 13.3. The Labute approximate surface area is 804 Å². The Morgan fingerprint density at radius 1 is 0.328 bits per heavy atom. The Kier molecular flexibility index (Phi) is 34.1. The fraction of sp³-hybridized carbons (Fsp3) is 0.182. The number of nitrogens with zero attached hydrogens (tertiary/aromatic N) is 6. The van der Waals surface area contributed by atoms with E-state index in [9.17, 15) is 37.4 Å². The van der Waals surface area contributed by atoms with Gasteiger partial charge in [0.15, 0.2) is 5.78 Å². The third-order valence-corrected chi connectivity index (χ3v) is 23.0. The molecule has 0 aliphatic rings. The van der Waals surface area contributed by atoms with E-state index in [0.29, 0.717) is 11.3 Å². The number of ketones is 1. The Balaban J connectivity index is 0.000000154. The molecule has 0 bridgehead atoms. The van der Waals surface area contributed by atoms with Gasteiger partial charge in [0.25, 0.3) is 0 Å². The molecular weight excluding hydrogens is 1710 g/mol. The van der Waals surface area contributed by atoms with Crippen LogP contribution in [0.1, 0.15) is 139 Å². The molecule has 0 aliphatic carbocycles. The number of alkyl halides is 3. The van der Waals surface area contributed by atoms with Gasteiger partial charge in [-0.25, -0.2) is 4.39 Å². The minimum Gasteiger partial charge on any atom is -0.491 e. The lowest BCUT2D eigenvalue weighted by Crippen LogP contribution is -2.14. The standard InChI is InChI=1S/C29H35NO2.C28H25NO.C23H22F3NO.C21H18N2O.C20H18FNO/c1-28(2,3)22-10-16-25(17-11-22)30(26-18-12-23(13-19-26)29(4,5)6)24-14-8-21(9-15-24)20-27(31)32-7;1-20-4-14-26(15-5-20)29(27-16-6-21(2)7-17-27)28-18-12-25(13-19-28)24-10-8-23(9-11-24)22(3)30;1-16(2)28-22-14-12-21(13-15-22)27(19-8-4-17(3)5-9-19)20-10-6-18(7-11-20)23(24,25)26;1-16-2-8-19(9-3-16)23(20-10-4-17(14-22)5-11-20)21-12-6-18(15-24)7-13-21;1-15-2-8-18(9-3-15)22(20-12-6-17(21)7-13-20)19-10-4-16(14-23)5-11-19/h8-19H,20H2,1-7H3;4-19H,1-3H3;4-16H,1-3H3;2-13,24H,15H2,1H3;2-13,23H,14H2,1H3. The molecule has 696 valence electrons. The van der Waals surface area contributed by atoms with Gasteiger partial charge in [0.1, 0.15) is 11.6 Å². The van der Waals surface area contributed by atoms with E-state index in [1.165, 1.54) is 64.8 Å². The highest BCUT2D eigenvalue weighted by Gasteiger charge is 2.31. The molecule has 12 nitrogen and oxygen atoms in total. The van der Waals surface area contributed by atoms with E-state index in [4.69, 9.17) is 14.7 Å². The molecule has 0 atom stereocenters. The van der Waals surface area contributed by atoms with Crippen molar-refractivity contribution in [2.45, 2.75) is 140 Å². The smallest absolute Gasteiger partial charge is 0.416 e. The molecule has 16 rings (SSSR count). The average Bonchev–Trinajstić information content (AvgIpc) is 0.805. The van der Waals surface area contributed by atoms with E-state index in [0.717, 1.165) is 136 Å². The molecular formula is C121H118F4N6O6. The number of aliphatic hydroxyl groups excluding tert-OH is 2. The highest BCUT2D eigenvalue weighted by Crippen LogP contribution is 2.44. The number of anilines is 15. The summed E-state index contributed by atoms with van der Waals surface area (Å²) in [5.41, 5.74) is 29.2. The van der Waals surface area contributed by atoms with Gasteiger partial charge in [-0.2, -0.15) is 18.4 Å². The van der Waals surface area contributed by atoms with Gasteiger partial charge in [0, 0.05) is 90.9 Å². The summed E-state index contributed by atoms with van der Waals surface area (Å²) >= 11 is 0. The van der Waals surface area contributed by atoms with Crippen LogP contribution in [0, 0.1) is 51.8 Å². The molecule has 0 unspecified atom stereocenters. The molecule has 0 aromatic heterocycles. The zero-order valence-electron chi connectivity index (χ0n) is 80.4. The zero-order chi connectivity index (χ0) is 98.1. The number of rotatable bonds is 23. The molecule has 16 heteroatoms. The number of halogens is 4. The lowest BCUT2D eigenvalue weighted by atomic mass is 9.86. The first kappa shape index (κ1) is 101. The number of ether oxygens (including phenoxy) is 2. The van der Waals surface area contributed by atoms with Crippen molar-refractivity contribution in [3.05, 3.63) is 466 Å². The number of hydrogen-bond acceptors (Lipinski definition) is 12. The molecule has 16 aromatic carbocycles. The Morgan fingerprint density at radius 2 is 0.555 bits per heavy atom. The number of nitriles is 1. The number of esters is 1. The lowest BCUT2D eigenvalue weighted by Gasteiger charge is -2.28. The fourth-order valence-corrected chi connectivity index (χ4v) is 15.1. The third kappa shape index (κ3) is 27.9. The molecule has 0 spiro atoms. The Hall–Kier alpha value is -15.4. The number of aryl methyl sites for hydroxylation is 5. The van der Waals surface area contributed by atoms with Gasteiger partial charge >= 0.3 is 12.1 Å². The quantitative estimate of drug-likeness (QED) is 0.0359. The highest BCUT2D eigenvalue weighted by atomic mass is 19.4. The molecule has 0 aliphatic heterocycles. The first-order valence-corrected chi connectivity index (χ1v) is 45.6. The topological polar surface area (TPSA) is 133 Å². The number of Topliss-reactive ketones (excluding diaryl/α,β-unsaturated/α-hetero) is 1. The lowest BCUT2D eigenvalue weighted by molar-refractivity contribution is -0.140. The van der Waals surface area contributed by atoms with Crippen molar-refractivity contribution < 1.29 is 46.8 Å². The summed E-state index contributed by atoms with van der Waals surface area (Å²) in [6.07, 6.45) is -4.02. The first-order valence-electron chi connectivity index (χ1n) is 45.6.